The summed E-state index contributed by atoms with van der Waals surface area (Å²) in [7, 11) is 0. The zero-order chi connectivity index (χ0) is 17.5. The van der Waals surface area contributed by atoms with Crippen LogP contribution in [0.1, 0.15) is 0 Å². The molecule has 122 valence electrons. The minimum Gasteiger partial charge on any atom is -0.483 e. The van der Waals surface area contributed by atoms with Crippen LogP contribution in [-0.4, -0.2) is 21.5 Å². The molecule has 0 fully saturated rings. The van der Waals surface area contributed by atoms with E-state index in [1.54, 1.807) is 12.3 Å². The minimum atomic E-state index is -0.250. The van der Waals surface area contributed by atoms with Gasteiger partial charge in [-0.05, 0) is 35.5 Å². The number of nitrogens with zero attached hydrogens (tertiary/aromatic N) is 2. The van der Waals surface area contributed by atoms with E-state index in [0.29, 0.717) is 15.9 Å². The highest BCUT2D eigenvalue weighted by Crippen LogP contribution is 2.34. The van der Waals surface area contributed by atoms with Crippen LogP contribution in [0.3, 0.4) is 0 Å². The van der Waals surface area contributed by atoms with Gasteiger partial charge in [-0.2, -0.15) is 0 Å². The molecule has 3 rings (SSSR count). The predicted molar refractivity (Wildman–Crippen MR) is 97.5 cm³/mol. The van der Waals surface area contributed by atoms with Crippen molar-refractivity contribution < 1.29 is 9.90 Å². The first-order valence-electron chi connectivity index (χ1n) is 6.76. The highest BCUT2D eigenvalue weighted by atomic mass is 35.5. The van der Waals surface area contributed by atoms with Gasteiger partial charge in [-0.3, -0.25) is 4.79 Å². The lowest BCUT2D eigenvalue weighted by Crippen LogP contribution is -1.95. The number of anilines is 1. The maximum atomic E-state index is 8.36. The van der Waals surface area contributed by atoms with Crippen molar-refractivity contribution in [2.24, 2.45) is 0 Å². The van der Waals surface area contributed by atoms with Crippen molar-refractivity contribution in [3.63, 3.8) is 0 Å². The first-order valence-corrected chi connectivity index (χ1v) is 7.52. The number of carbonyl (C=O) groups is 1. The normalized spacial score (nSPS) is 9.75. The summed E-state index contributed by atoms with van der Waals surface area (Å²) in [5.41, 5.74) is 2.78. The molecule has 3 aromatic rings. The van der Waals surface area contributed by atoms with Crippen LogP contribution in [0.15, 0.2) is 55.5 Å². The molecule has 5 nitrogen and oxygen atoms in total. The Balaban J connectivity index is 0.000000647. The molecule has 0 radical (unpaired) electrons. The van der Waals surface area contributed by atoms with Crippen molar-refractivity contribution in [2.45, 2.75) is 0 Å². The molecule has 1 heterocycles. The zero-order valence-electron chi connectivity index (χ0n) is 12.4. The van der Waals surface area contributed by atoms with E-state index in [4.69, 9.17) is 33.1 Å². The maximum absolute atomic E-state index is 8.36. The lowest BCUT2D eigenvalue weighted by Gasteiger charge is -2.10. The van der Waals surface area contributed by atoms with Crippen LogP contribution in [0.2, 0.25) is 10.0 Å². The maximum Gasteiger partial charge on any atom is 0.290 e. The van der Waals surface area contributed by atoms with Gasteiger partial charge in [0.25, 0.3) is 6.47 Å². The Bertz CT molecular complexity index is 880. The third-order valence-corrected chi connectivity index (χ3v) is 3.87. The van der Waals surface area contributed by atoms with Crippen LogP contribution in [0.4, 0.5) is 5.82 Å². The summed E-state index contributed by atoms with van der Waals surface area (Å²) in [5, 5.41) is 11.9. The number of aromatic nitrogens is 2. The molecule has 0 aliphatic rings. The van der Waals surface area contributed by atoms with Gasteiger partial charge >= 0.3 is 0 Å². The summed E-state index contributed by atoms with van der Waals surface area (Å²) in [4.78, 5) is 16.9. The average molecular weight is 362 g/mol. The van der Waals surface area contributed by atoms with Gasteiger partial charge in [0, 0.05) is 0 Å². The number of benzene rings is 2. The van der Waals surface area contributed by atoms with Gasteiger partial charge < -0.3 is 10.4 Å². The Kier molecular flexibility index (Phi) is 6.12. The number of hydrogen-bond acceptors (Lipinski definition) is 4. The van der Waals surface area contributed by atoms with Crippen LogP contribution in [-0.2, 0) is 4.79 Å². The Morgan fingerprint density at radius 2 is 1.88 bits per heavy atom. The van der Waals surface area contributed by atoms with Gasteiger partial charge in [-0.15, -0.1) is 0 Å². The summed E-state index contributed by atoms with van der Waals surface area (Å²) in [5.74, 6) is 0.705. The average Bonchev–Trinajstić information content (AvgIpc) is 2.58. The fourth-order valence-electron chi connectivity index (χ4n) is 2.22. The summed E-state index contributed by atoms with van der Waals surface area (Å²) in [6.07, 6.45) is 3.11. The van der Waals surface area contributed by atoms with Gasteiger partial charge in [0.05, 0.1) is 20.9 Å². The quantitative estimate of drug-likeness (QED) is 0.651. The molecule has 0 bridgehead atoms. The summed E-state index contributed by atoms with van der Waals surface area (Å²) in [6.45, 7) is 3.43. The highest BCUT2D eigenvalue weighted by Gasteiger charge is 2.11. The summed E-state index contributed by atoms with van der Waals surface area (Å²) in [6, 6.07) is 11.4. The largest absolute Gasteiger partial charge is 0.483 e. The third kappa shape index (κ3) is 3.82. The molecular formula is C17H13Cl2N3O2. The molecule has 0 spiro atoms. The van der Waals surface area contributed by atoms with Gasteiger partial charge in [-0.1, -0.05) is 48.0 Å². The van der Waals surface area contributed by atoms with E-state index in [-0.39, 0.29) is 6.47 Å². The van der Waals surface area contributed by atoms with Crippen LogP contribution < -0.4 is 5.32 Å². The Morgan fingerprint density at radius 3 is 2.54 bits per heavy atom. The number of fused-ring (bicyclic) bond motifs is 1. The van der Waals surface area contributed by atoms with Gasteiger partial charge in [0.1, 0.15) is 12.1 Å². The second-order valence-electron chi connectivity index (χ2n) is 4.50. The molecule has 2 N–H and O–H groups in total. The molecule has 0 aliphatic carbocycles. The highest BCUT2D eigenvalue weighted by molar-refractivity contribution is 6.42. The van der Waals surface area contributed by atoms with Crippen LogP contribution in [0.5, 0.6) is 0 Å². The molecule has 0 saturated carbocycles. The summed E-state index contributed by atoms with van der Waals surface area (Å²) < 4.78 is 0. The fourth-order valence-corrected chi connectivity index (χ4v) is 2.52. The number of rotatable bonds is 3. The Morgan fingerprint density at radius 1 is 1.12 bits per heavy atom. The van der Waals surface area contributed by atoms with E-state index in [9.17, 15) is 0 Å². The lowest BCUT2D eigenvalue weighted by atomic mass is 10.0. The Hall–Kier alpha value is -2.63. The van der Waals surface area contributed by atoms with E-state index in [1.807, 2.05) is 30.3 Å². The van der Waals surface area contributed by atoms with Gasteiger partial charge in [0.15, 0.2) is 0 Å². The van der Waals surface area contributed by atoms with Crippen molar-refractivity contribution in [2.75, 3.05) is 5.32 Å². The van der Waals surface area contributed by atoms with Crippen molar-refractivity contribution >= 4 is 46.4 Å². The minimum absolute atomic E-state index is 0.250. The van der Waals surface area contributed by atoms with Crippen LogP contribution >= 0.6 is 23.2 Å². The molecule has 0 amide bonds. The molecule has 2 aromatic carbocycles. The van der Waals surface area contributed by atoms with Crippen molar-refractivity contribution in [3.05, 3.63) is 65.5 Å². The third-order valence-electron chi connectivity index (χ3n) is 3.13. The first-order chi connectivity index (χ1) is 11.6. The molecule has 0 atom stereocenters. The SMILES string of the molecule is C=CNc1ncnc2cccc(-c3ccc(Cl)c(Cl)c3)c12.O=CO. The Labute approximate surface area is 148 Å². The molecule has 24 heavy (non-hydrogen) atoms. The zero-order valence-corrected chi connectivity index (χ0v) is 13.9. The smallest absolute Gasteiger partial charge is 0.290 e. The lowest BCUT2D eigenvalue weighted by molar-refractivity contribution is -0.122. The fraction of sp³-hybridized carbons (Fsp3) is 0. The molecular weight excluding hydrogens is 349 g/mol. The second kappa shape index (κ2) is 8.29. The van der Waals surface area contributed by atoms with E-state index < -0.39 is 0 Å². The molecule has 0 unspecified atom stereocenters. The summed E-state index contributed by atoms with van der Waals surface area (Å²) >= 11 is 12.1. The number of halogens is 2. The van der Waals surface area contributed by atoms with Crippen molar-refractivity contribution in [1.29, 1.82) is 0 Å². The number of nitrogens with one attached hydrogen (secondary N) is 1. The first kappa shape index (κ1) is 17.7. The standard InChI is InChI=1S/C16H11Cl2N3.CH2O2/c1-2-19-16-15-11(4-3-5-14(15)20-9-21-16)10-6-7-12(17)13(18)8-10;2-1-3/h2-9H,1H2,(H,19,20,21);1H,(H,2,3). The molecule has 0 saturated heterocycles. The van der Waals surface area contributed by atoms with Crippen molar-refractivity contribution in [3.8, 4) is 11.1 Å². The monoisotopic (exact) mass is 361 g/mol. The number of hydrogen-bond donors (Lipinski definition) is 2. The van der Waals surface area contributed by atoms with Gasteiger partial charge in [-0.25, -0.2) is 9.97 Å². The number of carboxylic acid groups (broad SMARTS) is 1. The molecule has 1 aromatic heterocycles. The molecule has 0 aliphatic heterocycles. The second-order valence-corrected chi connectivity index (χ2v) is 5.32. The van der Waals surface area contributed by atoms with Crippen LogP contribution in [0.25, 0.3) is 22.0 Å². The van der Waals surface area contributed by atoms with Crippen molar-refractivity contribution in [1.82, 2.24) is 9.97 Å². The van der Waals surface area contributed by atoms with E-state index in [2.05, 4.69) is 21.9 Å². The predicted octanol–water partition coefficient (Wildman–Crippen LogP) is 4.86. The van der Waals surface area contributed by atoms with E-state index >= 15 is 0 Å². The molecule has 7 heteroatoms. The van der Waals surface area contributed by atoms with E-state index in [1.165, 1.54) is 6.33 Å². The van der Waals surface area contributed by atoms with Gasteiger partial charge in [0.2, 0.25) is 0 Å². The van der Waals surface area contributed by atoms with E-state index in [0.717, 1.165) is 22.0 Å². The van der Waals surface area contributed by atoms with Crippen LogP contribution in [0, 0.1) is 0 Å². The topological polar surface area (TPSA) is 75.1 Å².